The molecule has 0 N–H and O–H groups in total. The highest BCUT2D eigenvalue weighted by Gasteiger charge is 2.09. The first-order valence-corrected chi connectivity index (χ1v) is 4.55. The van der Waals surface area contributed by atoms with Crippen molar-refractivity contribution in [1.29, 1.82) is 0 Å². The first kappa shape index (κ1) is 8.76. The van der Waals surface area contributed by atoms with E-state index in [1.54, 1.807) is 6.20 Å². The molecule has 0 spiro atoms. The van der Waals surface area contributed by atoms with Gasteiger partial charge in [-0.25, -0.2) is 0 Å². The van der Waals surface area contributed by atoms with Crippen LogP contribution in [0.3, 0.4) is 0 Å². The Morgan fingerprint density at radius 3 is 2.93 bits per heavy atom. The summed E-state index contributed by atoms with van der Waals surface area (Å²) in [4.78, 5) is 4.14. The number of pyridine rings is 1. The summed E-state index contributed by atoms with van der Waals surface area (Å²) >= 11 is 0. The van der Waals surface area contributed by atoms with E-state index in [0.717, 1.165) is 23.0 Å². The van der Waals surface area contributed by atoms with Crippen molar-refractivity contribution in [3.8, 4) is 12.3 Å². The van der Waals surface area contributed by atoms with E-state index in [2.05, 4.69) is 16.0 Å². The summed E-state index contributed by atoms with van der Waals surface area (Å²) in [5.74, 6) is 2.61. The Kier molecular flexibility index (Phi) is 1.97. The Morgan fingerprint density at radius 1 is 1.50 bits per heavy atom. The van der Waals surface area contributed by atoms with Crippen LogP contribution in [0.4, 0.5) is 0 Å². The molecule has 0 aromatic carbocycles. The maximum absolute atomic E-state index is 5.41. The number of hydrogen-bond donors (Lipinski definition) is 0. The number of hydrogen-bond acceptors (Lipinski definition) is 2. The van der Waals surface area contributed by atoms with Gasteiger partial charge in [-0.05, 0) is 25.3 Å². The van der Waals surface area contributed by atoms with Gasteiger partial charge < -0.3 is 0 Å². The van der Waals surface area contributed by atoms with Crippen molar-refractivity contribution >= 4 is 10.9 Å². The van der Waals surface area contributed by atoms with Crippen molar-refractivity contribution in [2.45, 2.75) is 20.4 Å². The highest BCUT2D eigenvalue weighted by molar-refractivity contribution is 5.86. The maximum atomic E-state index is 5.41. The molecule has 2 aromatic rings. The standard InChI is InChI=1S/C11H11N3/c1-4-9-11-8(3)6-12-7-10(11)14(5-2)13-9/h1,6-7H,5H2,2-3H3. The monoisotopic (exact) mass is 185 g/mol. The van der Waals surface area contributed by atoms with Crippen molar-refractivity contribution in [2.75, 3.05) is 0 Å². The molecule has 3 heteroatoms. The molecule has 0 saturated carbocycles. The normalized spacial score (nSPS) is 10.4. The van der Waals surface area contributed by atoms with Crippen LogP contribution in [-0.2, 0) is 6.54 Å². The second-order valence-electron chi connectivity index (χ2n) is 3.16. The van der Waals surface area contributed by atoms with Gasteiger partial charge in [-0.2, -0.15) is 5.10 Å². The minimum Gasteiger partial charge on any atom is -0.262 e. The Morgan fingerprint density at radius 2 is 2.29 bits per heavy atom. The largest absolute Gasteiger partial charge is 0.262 e. The van der Waals surface area contributed by atoms with Crippen LogP contribution < -0.4 is 0 Å². The first-order valence-electron chi connectivity index (χ1n) is 4.55. The molecular formula is C11H11N3. The number of terminal acetylenes is 1. The second-order valence-corrected chi connectivity index (χ2v) is 3.16. The van der Waals surface area contributed by atoms with E-state index in [-0.39, 0.29) is 0 Å². The molecule has 0 bridgehead atoms. The van der Waals surface area contributed by atoms with Crippen molar-refractivity contribution in [3.63, 3.8) is 0 Å². The molecule has 0 aliphatic heterocycles. The van der Waals surface area contributed by atoms with Crippen molar-refractivity contribution in [2.24, 2.45) is 0 Å². The van der Waals surface area contributed by atoms with Gasteiger partial charge >= 0.3 is 0 Å². The summed E-state index contributed by atoms with van der Waals surface area (Å²) < 4.78 is 1.88. The quantitative estimate of drug-likeness (QED) is 0.633. The fraction of sp³-hybridized carbons (Fsp3) is 0.273. The van der Waals surface area contributed by atoms with E-state index in [4.69, 9.17) is 6.42 Å². The zero-order chi connectivity index (χ0) is 10.1. The lowest BCUT2D eigenvalue weighted by atomic mass is 10.1. The fourth-order valence-electron chi connectivity index (χ4n) is 1.62. The van der Waals surface area contributed by atoms with E-state index in [9.17, 15) is 0 Å². The summed E-state index contributed by atoms with van der Waals surface area (Å²) in [6.45, 7) is 4.84. The predicted octanol–water partition coefficient (Wildman–Crippen LogP) is 1.74. The molecule has 0 unspecified atom stereocenters. The van der Waals surface area contributed by atoms with Crippen molar-refractivity contribution in [3.05, 3.63) is 23.7 Å². The molecule has 0 amide bonds. The minimum absolute atomic E-state index is 0.710. The summed E-state index contributed by atoms with van der Waals surface area (Å²) in [6, 6.07) is 0. The number of aryl methyl sites for hydroxylation is 2. The Balaban J connectivity index is 2.91. The van der Waals surface area contributed by atoms with Gasteiger partial charge in [-0.3, -0.25) is 9.67 Å². The van der Waals surface area contributed by atoms with Crippen LogP contribution in [0.2, 0.25) is 0 Å². The van der Waals surface area contributed by atoms with Crippen molar-refractivity contribution in [1.82, 2.24) is 14.8 Å². The Bertz CT molecular complexity index is 517. The van der Waals surface area contributed by atoms with Gasteiger partial charge in [0.1, 0.15) is 5.69 Å². The molecule has 70 valence electrons. The fourth-order valence-corrected chi connectivity index (χ4v) is 1.62. The van der Waals surface area contributed by atoms with Gasteiger partial charge in [0.15, 0.2) is 0 Å². The lowest BCUT2D eigenvalue weighted by Gasteiger charge is -1.97. The summed E-state index contributed by atoms with van der Waals surface area (Å²) in [7, 11) is 0. The molecule has 2 rings (SSSR count). The first-order chi connectivity index (χ1) is 6.77. The molecule has 0 saturated heterocycles. The molecule has 0 fully saturated rings. The van der Waals surface area contributed by atoms with E-state index in [0.29, 0.717) is 5.69 Å². The molecule has 0 aliphatic carbocycles. The predicted molar refractivity (Wildman–Crippen MR) is 55.9 cm³/mol. The van der Waals surface area contributed by atoms with Gasteiger partial charge in [-0.15, -0.1) is 6.42 Å². The van der Waals surface area contributed by atoms with Crippen LogP contribution >= 0.6 is 0 Å². The summed E-state index contributed by atoms with van der Waals surface area (Å²) in [6.07, 6.45) is 9.02. The third-order valence-electron chi connectivity index (χ3n) is 2.29. The second kappa shape index (κ2) is 3.15. The van der Waals surface area contributed by atoms with Crippen LogP contribution in [-0.4, -0.2) is 14.8 Å². The zero-order valence-electron chi connectivity index (χ0n) is 8.28. The van der Waals surface area contributed by atoms with Gasteiger partial charge in [-0.1, -0.05) is 0 Å². The number of rotatable bonds is 1. The highest BCUT2D eigenvalue weighted by Crippen LogP contribution is 2.20. The van der Waals surface area contributed by atoms with Gasteiger partial charge in [0.25, 0.3) is 0 Å². The van der Waals surface area contributed by atoms with Gasteiger partial charge in [0.2, 0.25) is 0 Å². The van der Waals surface area contributed by atoms with Crippen LogP contribution in [0, 0.1) is 19.3 Å². The third kappa shape index (κ3) is 1.08. The number of nitrogens with zero attached hydrogens (tertiary/aromatic N) is 3. The summed E-state index contributed by atoms with van der Waals surface area (Å²) in [5, 5.41) is 5.37. The van der Waals surface area contributed by atoms with Crippen molar-refractivity contribution < 1.29 is 0 Å². The highest BCUT2D eigenvalue weighted by atomic mass is 15.3. The number of fused-ring (bicyclic) bond motifs is 1. The van der Waals surface area contributed by atoms with Crippen LogP contribution in [0.25, 0.3) is 10.9 Å². The third-order valence-corrected chi connectivity index (χ3v) is 2.29. The maximum Gasteiger partial charge on any atom is 0.143 e. The van der Waals surface area contributed by atoms with E-state index >= 15 is 0 Å². The molecule has 0 radical (unpaired) electrons. The summed E-state index contributed by atoms with van der Waals surface area (Å²) in [5.41, 5.74) is 2.80. The van der Waals surface area contributed by atoms with E-state index in [1.807, 2.05) is 24.7 Å². The molecule has 2 heterocycles. The SMILES string of the molecule is C#Cc1nn(CC)c2cncc(C)c12. The molecule has 0 aliphatic rings. The van der Waals surface area contributed by atoms with E-state index in [1.165, 1.54) is 0 Å². The molecule has 2 aromatic heterocycles. The lowest BCUT2D eigenvalue weighted by molar-refractivity contribution is 0.680. The molecule has 14 heavy (non-hydrogen) atoms. The minimum atomic E-state index is 0.710. The van der Waals surface area contributed by atoms with Gasteiger partial charge in [0.05, 0.1) is 11.7 Å². The average molecular weight is 185 g/mol. The Hall–Kier alpha value is -1.82. The molecule has 0 atom stereocenters. The Labute approximate surface area is 82.8 Å². The van der Waals surface area contributed by atoms with E-state index < -0.39 is 0 Å². The van der Waals surface area contributed by atoms with Crippen LogP contribution in [0.1, 0.15) is 18.2 Å². The average Bonchev–Trinajstić information content (AvgIpc) is 2.57. The zero-order valence-corrected chi connectivity index (χ0v) is 8.28. The van der Waals surface area contributed by atoms with Crippen LogP contribution in [0.15, 0.2) is 12.4 Å². The lowest BCUT2D eigenvalue weighted by Crippen LogP contribution is -1.96. The number of aromatic nitrogens is 3. The molecular weight excluding hydrogens is 174 g/mol. The van der Waals surface area contributed by atoms with Crippen LogP contribution in [0.5, 0.6) is 0 Å². The molecule has 3 nitrogen and oxygen atoms in total. The van der Waals surface area contributed by atoms with Gasteiger partial charge in [0, 0.05) is 18.1 Å². The smallest absolute Gasteiger partial charge is 0.143 e. The topological polar surface area (TPSA) is 30.7 Å².